The van der Waals surface area contributed by atoms with Gasteiger partial charge in [-0.1, -0.05) is 6.07 Å². The van der Waals surface area contributed by atoms with Gasteiger partial charge in [0.25, 0.3) is 0 Å². The van der Waals surface area contributed by atoms with Gasteiger partial charge < -0.3 is 10.1 Å². The molecule has 1 heterocycles. The molecule has 188 valence electrons. The van der Waals surface area contributed by atoms with Crippen LogP contribution in [0.4, 0.5) is 13.2 Å². The van der Waals surface area contributed by atoms with E-state index >= 15 is 0 Å². The van der Waals surface area contributed by atoms with Crippen LogP contribution in [0.2, 0.25) is 0 Å². The van der Waals surface area contributed by atoms with Crippen molar-refractivity contribution in [1.29, 1.82) is 5.26 Å². The lowest BCUT2D eigenvalue weighted by Crippen LogP contribution is -2.42. The van der Waals surface area contributed by atoms with Gasteiger partial charge in [-0.3, -0.25) is 4.79 Å². The number of nitrogens with zero attached hydrogens (tertiary/aromatic N) is 1. The van der Waals surface area contributed by atoms with Crippen molar-refractivity contribution < 1.29 is 31.1 Å². The fourth-order valence-electron chi connectivity index (χ4n) is 4.73. The van der Waals surface area contributed by atoms with Crippen LogP contribution in [-0.2, 0) is 25.5 Å². The van der Waals surface area contributed by atoms with Crippen LogP contribution in [0.5, 0.6) is 0 Å². The Bertz CT molecular complexity index is 1310. The second kappa shape index (κ2) is 8.91. The molecule has 1 aromatic heterocycles. The quantitative estimate of drug-likeness (QED) is 0.584. The van der Waals surface area contributed by atoms with Crippen LogP contribution >= 0.6 is 11.3 Å². The van der Waals surface area contributed by atoms with Crippen LogP contribution in [0.25, 0.3) is 11.1 Å². The van der Waals surface area contributed by atoms with E-state index in [4.69, 9.17) is 4.74 Å². The summed E-state index contributed by atoms with van der Waals surface area (Å²) in [6.45, 7) is 3.66. The monoisotopic (exact) mass is 526 g/mol. The van der Waals surface area contributed by atoms with Crippen LogP contribution < -0.4 is 5.32 Å². The highest BCUT2D eigenvalue weighted by molar-refractivity contribution is 7.92. The maximum atomic E-state index is 14.1. The van der Waals surface area contributed by atoms with Gasteiger partial charge in [0.15, 0.2) is 9.84 Å². The van der Waals surface area contributed by atoms with Crippen LogP contribution in [-0.4, -0.2) is 38.3 Å². The Morgan fingerprint density at radius 1 is 1.23 bits per heavy atom. The largest absolute Gasteiger partial charge is 0.417 e. The molecule has 0 saturated heterocycles. The number of rotatable bonds is 6. The van der Waals surface area contributed by atoms with Crippen molar-refractivity contribution in [3.8, 4) is 17.2 Å². The number of ether oxygens (including phenoxy) is 1. The van der Waals surface area contributed by atoms with E-state index in [0.29, 0.717) is 24.0 Å². The van der Waals surface area contributed by atoms with Crippen LogP contribution in [0, 0.1) is 31.1 Å². The SMILES string of the molecule is CO[C@@H]1CC(S(=O)(=O)c2ccc(-c3cc(C)sc3C)cc2C(F)(F)F)C[C@H]1C(=O)NC1(C#N)CC1. The molecular formula is C24H25F3N2O4S2. The maximum Gasteiger partial charge on any atom is 0.417 e. The highest BCUT2D eigenvalue weighted by Crippen LogP contribution is 2.43. The van der Waals surface area contributed by atoms with E-state index in [0.717, 1.165) is 21.9 Å². The van der Waals surface area contributed by atoms with E-state index in [2.05, 4.69) is 5.32 Å². The third-order valence-corrected chi connectivity index (χ3v) is 10.0. The second-order valence-corrected chi connectivity index (χ2v) is 12.9. The van der Waals surface area contributed by atoms with Crippen LogP contribution in [0.3, 0.4) is 0 Å². The average molecular weight is 527 g/mol. The molecule has 11 heteroatoms. The zero-order valence-electron chi connectivity index (χ0n) is 19.4. The van der Waals surface area contributed by atoms with E-state index in [-0.39, 0.29) is 12.8 Å². The number of sulfone groups is 1. The van der Waals surface area contributed by atoms with E-state index in [9.17, 15) is 31.6 Å². The number of methoxy groups -OCH3 is 1. The van der Waals surface area contributed by atoms with Crippen molar-refractivity contribution in [2.24, 2.45) is 5.92 Å². The summed E-state index contributed by atoms with van der Waals surface area (Å²) in [5.41, 5.74) is -1.24. The van der Waals surface area contributed by atoms with Gasteiger partial charge in [-0.25, -0.2) is 8.42 Å². The Balaban J connectivity index is 1.68. The van der Waals surface area contributed by atoms with Gasteiger partial charge in [0, 0.05) is 16.9 Å². The number of carbonyl (C=O) groups is 1. The number of carbonyl (C=O) groups excluding carboxylic acids is 1. The third kappa shape index (κ3) is 4.84. The van der Waals surface area contributed by atoms with Gasteiger partial charge in [0.1, 0.15) is 5.54 Å². The lowest BCUT2D eigenvalue weighted by atomic mass is 10.0. The number of amides is 1. The Morgan fingerprint density at radius 3 is 2.43 bits per heavy atom. The molecule has 1 unspecified atom stereocenters. The molecule has 0 spiro atoms. The summed E-state index contributed by atoms with van der Waals surface area (Å²) in [6.07, 6.45) is -4.96. The summed E-state index contributed by atoms with van der Waals surface area (Å²) < 4.78 is 74.5. The predicted molar refractivity (Wildman–Crippen MR) is 124 cm³/mol. The second-order valence-electron chi connectivity index (χ2n) is 9.24. The molecule has 0 radical (unpaired) electrons. The highest BCUT2D eigenvalue weighted by Gasteiger charge is 2.51. The molecule has 2 aliphatic rings. The lowest BCUT2D eigenvalue weighted by Gasteiger charge is -2.19. The van der Waals surface area contributed by atoms with Gasteiger partial charge in [-0.15, -0.1) is 11.3 Å². The minimum atomic E-state index is -4.89. The molecular weight excluding hydrogens is 501 g/mol. The summed E-state index contributed by atoms with van der Waals surface area (Å²) in [7, 11) is -3.11. The molecule has 4 rings (SSSR count). The van der Waals surface area contributed by atoms with Crippen molar-refractivity contribution in [2.45, 2.75) is 67.5 Å². The van der Waals surface area contributed by atoms with Gasteiger partial charge in [-0.05, 0) is 68.9 Å². The smallest absolute Gasteiger partial charge is 0.381 e. The summed E-state index contributed by atoms with van der Waals surface area (Å²) in [4.78, 5) is 13.8. The molecule has 1 aromatic carbocycles. The molecule has 2 aromatic rings. The fraction of sp³-hybridized carbons (Fsp3) is 0.500. The Kier molecular flexibility index (Phi) is 6.53. The number of alkyl halides is 3. The van der Waals surface area contributed by atoms with Crippen molar-refractivity contribution in [3.05, 3.63) is 39.6 Å². The molecule has 2 aliphatic carbocycles. The van der Waals surface area contributed by atoms with Gasteiger partial charge in [0.2, 0.25) is 5.91 Å². The number of hydrogen-bond donors (Lipinski definition) is 1. The number of nitriles is 1. The van der Waals surface area contributed by atoms with Crippen molar-refractivity contribution in [1.82, 2.24) is 5.32 Å². The van der Waals surface area contributed by atoms with Gasteiger partial charge in [-0.2, -0.15) is 18.4 Å². The van der Waals surface area contributed by atoms with Crippen LogP contribution in [0.15, 0.2) is 29.2 Å². The normalized spacial score (nSPS) is 23.6. The van der Waals surface area contributed by atoms with E-state index in [1.165, 1.54) is 24.5 Å². The first-order valence-corrected chi connectivity index (χ1v) is 13.5. The zero-order valence-corrected chi connectivity index (χ0v) is 21.0. The Labute approximate surface area is 206 Å². The topological polar surface area (TPSA) is 96.3 Å². The fourth-order valence-corrected chi connectivity index (χ4v) is 7.67. The Hall–Kier alpha value is -2.42. The number of aryl methyl sites for hydroxylation is 2. The first-order valence-electron chi connectivity index (χ1n) is 11.1. The molecule has 2 fully saturated rings. The molecule has 0 bridgehead atoms. The molecule has 1 N–H and O–H groups in total. The first-order chi connectivity index (χ1) is 16.3. The molecule has 3 atom stereocenters. The average Bonchev–Trinajstić information content (AvgIpc) is 3.26. The Morgan fingerprint density at radius 2 is 1.91 bits per heavy atom. The van der Waals surface area contributed by atoms with E-state index < -0.39 is 55.2 Å². The van der Waals surface area contributed by atoms with Crippen molar-refractivity contribution in [2.75, 3.05) is 7.11 Å². The van der Waals surface area contributed by atoms with Crippen molar-refractivity contribution >= 4 is 27.1 Å². The number of halogens is 3. The van der Waals surface area contributed by atoms with Crippen LogP contribution in [0.1, 0.15) is 41.0 Å². The summed E-state index contributed by atoms with van der Waals surface area (Å²) in [6, 6.07) is 7.12. The number of thiophene rings is 1. The lowest BCUT2D eigenvalue weighted by molar-refractivity contribution is -0.139. The molecule has 2 saturated carbocycles. The van der Waals surface area contributed by atoms with E-state index in [1.54, 1.807) is 13.0 Å². The molecule has 0 aliphatic heterocycles. The third-order valence-electron chi connectivity index (χ3n) is 6.81. The first kappa shape index (κ1) is 25.7. The van der Waals surface area contributed by atoms with Crippen molar-refractivity contribution in [3.63, 3.8) is 0 Å². The summed E-state index contributed by atoms with van der Waals surface area (Å²) in [5, 5.41) is 10.7. The number of hydrogen-bond acceptors (Lipinski definition) is 6. The zero-order chi connectivity index (χ0) is 25.8. The number of nitrogens with one attached hydrogen (secondary N) is 1. The van der Waals surface area contributed by atoms with E-state index in [1.807, 2.05) is 13.0 Å². The standard InChI is InChI=1S/C24H25F3N2O4S2/c1-13-8-17(14(2)34-13)15-4-5-21(19(9-15)24(25,26)27)35(31,32)16-10-18(20(11-16)33-3)22(30)29-23(12-28)6-7-23/h4-5,8-9,16,18,20H,6-7,10-11H2,1-3H3,(H,29,30)/t16?,18-,20-/m1/s1. The summed E-state index contributed by atoms with van der Waals surface area (Å²) >= 11 is 1.45. The minimum Gasteiger partial charge on any atom is -0.381 e. The summed E-state index contributed by atoms with van der Waals surface area (Å²) in [5.74, 6) is -1.39. The van der Waals surface area contributed by atoms with Gasteiger partial charge in [0.05, 0.1) is 33.8 Å². The number of benzene rings is 1. The molecule has 35 heavy (non-hydrogen) atoms. The minimum absolute atomic E-state index is 0.113. The predicted octanol–water partition coefficient (Wildman–Crippen LogP) is 4.79. The maximum absolute atomic E-state index is 14.1. The molecule has 6 nitrogen and oxygen atoms in total. The molecule has 1 amide bonds. The highest BCUT2D eigenvalue weighted by atomic mass is 32.2. The van der Waals surface area contributed by atoms with Gasteiger partial charge >= 0.3 is 6.18 Å².